The smallest absolute Gasteiger partial charge is 0.0991 e. The second-order valence-corrected chi connectivity index (χ2v) is 12.3. The summed E-state index contributed by atoms with van der Waals surface area (Å²) in [5.74, 6) is 3.02. The van der Waals surface area contributed by atoms with Gasteiger partial charge in [0, 0.05) is 33.6 Å². The molecule has 50 heavy (non-hydrogen) atoms. The summed E-state index contributed by atoms with van der Waals surface area (Å²) in [5.41, 5.74) is 12.6. The van der Waals surface area contributed by atoms with E-state index in [4.69, 9.17) is 6.42 Å². The number of terminal acetylenes is 1. The van der Waals surface area contributed by atoms with Crippen LogP contribution in [0, 0.1) is 35.0 Å². The van der Waals surface area contributed by atoms with Crippen LogP contribution in [0.4, 0.5) is 0 Å². The number of benzene rings is 4. The van der Waals surface area contributed by atoms with Gasteiger partial charge < -0.3 is 9.13 Å². The van der Waals surface area contributed by atoms with E-state index in [1.165, 1.54) is 11.3 Å². The van der Waals surface area contributed by atoms with Crippen LogP contribution in [0.1, 0.15) is 65.4 Å². The Morgan fingerprint density at radius 2 is 1.50 bits per heavy atom. The minimum Gasteiger partial charge on any atom is -0.313 e. The first-order valence-electron chi connectivity index (χ1n) is 16.6. The van der Waals surface area contributed by atoms with Crippen molar-refractivity contribution in [1.29, 1.82) is 10.5 Å². The number of nitrogens with zero attached hydrogens (tertiary/aromatic N) is 4. The predicted octanol–water partition coefficient (Wildman–Crippen LogP) is 11.3. The molecule has 2 aromatic heterocycles. The van der Waals surface area contributed by atoms with Crippen molar-refractivity contribution in [3.63, 3.8) is 0 Å². The molecule has 1 aliphatic carbocycles. The van der Waals surface area contributed by atoms with E-state index in [2.05, 4.69) is 107 Å². The molecule has 0 N–H and O–H groups in total. The fraction of sp³-hybridized carbons (Fsp3) is 0.0870. The maximum atomic E-state index is 9.63. The molecule has 4 heteroatoms. The molecule has 0 aliphatic heterocycles. The lowest BCUT2D eigenvalue weighted by molar-refractivity contribution is 0.831. The first-order chi connectivity index (χ1) is 24.5. The van der Waals surface area contributed by atoms with Crippen LogP contribution >= 0.6 is 0 Å². The highest BCUT2D eigenvalue weighted by Gasteiger charge is 2.23. The van der Waals surface area contributed by atoms with E-state index in [0.717, 1.165) is 67.6 Å². The molecule has 0 spiro atoms. The number of nitriles is 2. The van der Waals surface area contributed by atoms with Gasteiger partial charge >= 0.3 is 0 Å². The van der Waals surface area contributed by atoms with Gasteiger partial charge in [0.25, 0.3) is 0 Å². The molecule has 1 aliphatic rings. The summed E-state index contributed by atoms with van der Waals surface area (Å²) in [6.45, 7) is 8.13. The van der Waals surface area contributed by atoms with Crippen LogP contribution in [-0.4, -0.2) is 9.13 Å². The van der Waals surface area contributed by atoms with Gasteiger partial charge in [0.15, 0.2) is 0 Å². The first kappa shape index (κ1) is 31.8. The van der Waals surface area contributed by atoms with E-state index in [1.54, 1.807) is 0 Å². The van der Waals surface area contributed by atoms with E-state index in [-0.39, 0.29) is 5.92 Å². The zero-order valence-corrected chi connectivity index (χ0v) is 28.1. The van der Waals surface area contributed by atoms with Gasteiger partial charge in [-0.2, -0.15) is 10.5 Å². The van der Waals surface area contributed by atoms with Gasteiger partial charge in [-0.05, 0) is 104 Å². The van der Waals surface area contributed by atoms with E-state index in [0.29, 0.717) is 11.1 Å². The van der Waals surface area contributed by atoms with Gasteiger partial charge in [-0.25, -0.2) is 0 Å². The largest absolute Gasteiger partial charge is 0.313 e. The highest BCUT2D eigenvalue weighted by molar-refractivity contribution is 5.97. The third-order valence-corrected chi connectivity index (χ3v) is 9.43. The van der Waals surface area contributed by atoms with Crippen LogP contribution in [0.3, 0.4) is 0 Å². The van der Waals surface area contributed by atoms with Gasteiger partial charge in [0.1, 0.15) is 0 Å². The second kappa shape index (κ2) is 13.4. The van der Waals surface area contributed by atoms with Crippen molar-refractivity contribution in [3.05, 3.63) is 161 Å². The SMILES string of the molecule is C#Cc1c(/C=C\C)n(-c2cccc(-c3ccccc3C3C=CC=C(n4c(/C=C\C)c(C=C)c5cc(C#N)ccc54)C3)c2)c2ccc(C#N)cc12. The lowest BCUT2D eigenvalue weighted by Gasteiger charge is -2.24. The van der Waals surface area contributed by atoms with Crippen molar-refractivity contribution in [3.8, 4) is 41.3 Å². The molecular formula is C46H34N4. The number of hydrogen-bond donors (Lipinski definition) is 0. The van der Waals surface area contributed by atoms with Gasteiger partial charge in [-0.3, -0.25) is 0 Å². The average Bonchev–Trinajstić information content (AvgIpc) is 3.65. The van der Waals surface area contributed by atoms with Gasteiger partial charge in [-0.1, -0.05) is 79.3 Å². The molecule has 4 aromatic carbocycles. The zero-order valence-electron chi connectivity index (χ0n) is 28.1. The Hall–Kier alpha value is -6.80. The standard InChI is InChI=1S/C46H34N4/c1-5-13-43-37(7-3)41-25-31(29-47)21-23-45(41)49(43)35-17-11-15-33(27-35)39-19-9-10-20-40(39)34-16-12-18-36(28-34)50-44(14-6-2)38(8-4)42-26-32(30-48)22-24-46(42)50/h3,5-6,8-27,34H,4,28H2,1-2H3/b13-5-,14-6-. The van der Waals surface area contributed by atoms with E-state index < -0.39 is 0 Å². The van der Waals surface area contributed by atoms with Crippen molar-refractivity contribution in [2.75, 3.05) is 0 Å². The van der Waals surface area contributed by atoms with Crippen molar-refractivity contribution in [2.24, 2.45) is 0 Å². The maximum absolute atomic E-state index is 9.63. The van der Waals surface area contributed by atoms with Crippen molar-refractivity contribution in [2.45, 2.75) is 26.2 Å². The molecule has 7 rings (SSSR count). The predicted molar refractivity (Wildman–Crippen MR) is 208 cm³/mol. The Balaban J connectivity index is 1.33. The van der Waals surface area contributed by atoms with E-state index in [9.17, 15) is 10.5 Å². The van der Waals surface area contributed by atoms with Crippen LogP contribution in [-0.2, 0) is 0 Å². The summed E-state index contributed by atoms with van der Waals surface area (Å²) in [6.07, 6.45) is 23.6. The van der Waals surface area contributed by atoms with Crippen molar-refractivity contribution >= 4 is 45.7 Å². The summed E-state index contributed by atoms with van der Waals surface area (Å²) in [6, 6.07) is 33.3. The van der Waals surface area contributed by atoms with Crippen LogP contribution < -0.4 is 0 Å². The minimum atomic E-state index is 0.125. The Kier molecular flexibility index (Phi) is 8.50. The molecule has 4 nitrogen and oxygen atoms in total. The average molecular weight is 643 g/mol. The van der Waals surface area contributed by atoms with E-state index in [1.807, 2.05) is 74.5 Å². The lowest BCUT2D eigenvalue weighted by Crippen LogP contribution is -2.08. The molecule has 0 bridgehead atoms. The summed E-state index contributed by atoms with van der Waals surface area (Å²) in [4.78, 5) is 0. The van der Waals surface area contributed by atoms with Crippen LogP contribution in [0.15, 0.2) is 122 Å². The first-order valence-corrected chi connectivity index (χ1v) is 16.6. The fourth-order valence-corrected chi connectivity index (χ4v) is 7.31. The molecule has 0 fully saturated rings. The third-order valence-electron chi connectivity index (χ3n) is 9.43. The molecule has 0 saturated carbocycles. The summed E-state index contributed by atoms with van der Waals surface area (Å²) in [7, 11) is 0. The number of hydrogen-bond acceptors (Lipinski definition) is 2. The number of rotatable bonds is 7. The Morgan fingerprint density at radius 1 is 0.800 bits per heavy atom. The molecule has 1 unspecified atom stereocenters. The van der Waals surface area contributed by atoms with Crippen LogP contribution in [0.5, 0.6) is 0 Å². The lowest BCUT2D eigenvalue weighted by atomic mass is 9.85. The second-order valence-electron chi connectivity index (χ2n) is 12.3. The van der Waals surface area contributed by atoms with Crippen molar-refractivity contribution < 1.29 is 0 Å². The highest BCUT2D eigenvalue weighted by Crippen LogP contribution is 2.41. The normalized spacial score (nSPS) is 14.2. The fourth-order valence-electron chi connectivity index (χ4n) is 7.31. The molecule has 0 radical (unpaired) electrons. The molecule has 0 amide bonds. The topological polar surface area (TPSA) is 57.4 Å². The zero-order chi connectivity index (χ0) is 34.8. The number of aromatic nitrogens is 2. The Labute approximate surface area is 293 Å². The van der Waals surface area contributed by atoms with E-state index >= 15 is 0 Å². The number of fused-ring (bicyclic) bond motifs is 2. The minimum absolute atomic E-state index is 0.125. The summed E-state index contributed by atoms with van der Waals surface area (Å²) in [5, 5.41) is 21.1. The quantitative estimate of drug-likeness (QED) is 0.163. The maximum Gasteiger partial charge on any atom is 0.0991 e. The molecule has 2 heterocycles. The third kappa shape index (κ3) is 5.29. The summed E-state index contributed by atoms with van der Waals surface area (Å²) < 4.78 is 4.50. The molecule has 0 saturated heterocycles. The molecular weight excluding hydrogens is 609 g/mol. The summed E-state index contributed by atoms with van der Waals surface area (Å²) >= 11 is 0. The number of allylic oxidation sites excluding steroid dienone is 6. The monoisotopic (exact) mass is 642 g/mol. The molecule has 1 atom stereocenters. The molecule has 6 aromatic rings. The molecule has 238 valence electrons. The Bertz CT molecular complexity index is 2590. The van der Waals surface area contributed by atoms with Crippen LogP contribution in [0.2, 0.25) is 0 Å². The Morgan fingerprint density at radius 3 is 2.20 bits per heavy atom. The van der Waals surface area contributed by atoms with Gasteiger partial charge in [0.2, 0.25) is 0 Å². The van der Waals surface area contributed by atoms with Gasteiger partial charge in [-0.15, -0.1) is 6.42 Å². The highest BCUT2D eigenvalue weighted by atomic mass is 15.0. The van der Waals surface area contributed by atoms with Crippen molar-refractivity contribution in [1.82, 2.24) is 9.13 Å². The van der Waals surface area contributed by atoms with Gasteiger partial charge in [0.05, 0.1) is 51.3 Å². The van der Waals surface area contributed by atoms with Crippen LogP contribution in [0.25, 0.3) is 62.5 Å².